The lowest BCUT2D eigenvalue weighted by Crippen LogP contribution is -2.52. The van der Waals surface area contributed by atoms with Crippen LogP contribution in [0.15, 0.2) is 60.7 Å². The summed E-state index contributed by atoms with van der Waals surface area (Å²) in [5.41, 5.74) is 1.41. The maximum Gasteiger partial charge on any atom is 0.329 e. The highest BCUT2D eigenvalue weighted by atomic mass is 16.5. The number of nitrogens with one attached hydrogen (secondary N) is 1. The summed E-state index contributed by atoms with van der Waals surface area (Å²) in [6.07, 6.45) is 1.80. The molecule has 1 fully saturated rings. The number of rotatable bonds is 8. The van der Waals surface area contributed by atoms with Gasteiger partial charge in [-0.25, -0.2) is 4.79 Å². The highest BCUT2D eigenvalue weighted by Crippen LogP contribution is 2.22. The van der Waals surface area contributed by atoms with E-state index in [-0.39, 0.29) is 24.3 Å². The van der Waals surface area contributed by atoms with Crippen molar-refractivity contribution in [3.63, 3.8) is 0 Å². The molecule has 1 heterocycles. The topological polar surface area (TPSA) is 75.7 Å². The number of carbonyl (C=O) groups excluding carboxylic acids is 3. The van der Waals surface area contributed by atoms with Crippen molar-refractivity contribution in [2.45, 2.75) is 51.8 Å². The largest absolute Gasteiger partial charge is 0.459 e. The SMILES string of the molecule is CC(C)C[C@H](NC(=O)c1ccccc1)C(=O)N1CCC[C@H]1C(=O)OCc1ccccc1. The van der Waals surface area contributed by atoms with E-state index in [4.69, 9.17) is 4.74 Å². The average Bonchev–Trinajstić information content (AvgIpc) is 3.27. The Morgan fingerprint density at radius 2 is 1.68 bits per heavy atom. The third-order valence-corrected chi connectivity index (χ3v) is 5.38. The first kappa shape index (κ1) is 22.5. The van der Waals surface area contributed by atoms with Gasteiger partial charge in [-0.15, -0.1) is 0 Å². The molecule has 0 unspecified atom stereocenters. The number of esters is 1. The molecule has 31 heavy (non-hydrogen) atoms. The van der Waals surface area contributed by atoms with Gasteiger partial charge >= 0.3 is 5.97 Å². The molecule has 0 spiro atoms. The van der Waals surface area contributed by atoms with Gasteiger partial charge in [-0.05, 0) is 42.9 Å². The fourth-order valence-electron chi connectivity index (χ4n) is 3.82. The van der Waals surface area contributed by atoms with Gasteiger partial charge in [0.05, 0.1) is 0 Å². The first-order valence-corrected chi connectivity index (χ1v) is 10.8. The van der Waals surface area contributed by atoms with Gasteiger partial charge in [0.25, 0.3) is 5.91 Å². The van der Waals surface area contributed by atoms with Crippen LogP contribution in [0.3, 0.4) is 0 Å². The van der Waals surface area contributed by atoms with Crippen molar-refractivity contribution < 1.29 is 19.1 Å². The molecule has 0 aliphatic carbocycles. The molecule has 1 saturated heterocycles. The molecule has 1 aliphatic rings. The molecular formula is C25H30N2O4. The summed E-state index contributed by atoms with van der Waals surface area (Å²) in [7, 11) is 0. The summed E-state index contributed by atoms with van der Waals surface area (Å²) in [6, 6.07) is 17.0. The Labute approximate surface area is 183 Å². The fourth-order valence-corrected chi connectivity index (χ4v) is 3.82. The van der Waals surface area contributed by atoms with Crippen LogP contribution in [0.1, 0.15) is 49.0 Å². The van der Waals surface area contributed by atoms with Crippen LogP contribution in [0.5, 0.6) is 0 Å². The van der Waals surface area contributed by atoms with Crippen molar-refractivity contribution in [2.75, 3.05) is 6.54 Å². The predicted octanol–water partition coefficient (Wildman–Crippen LogP) is 3.57. The lowest BCUT2D eigenvalue weighted by atomic mass is 10.0. The van der Waals surface area contributed by atoms with E-state index in [1.165, 1.54) is 0 Å². The van der Waals surface area contributed by atoms with Gasteiger partial charge < -0.3 is 15.0 Å². The quantitative estimate of drug-likeness (QED) is 0.660. The summed E-state index contributed by atoms with van der Waals surface area (Å²) in [6.45, 7) is 4.67. The van der Waals surface area contributed by atoms with Gasteiger partial charge in [-0.1, -0.05) is 62.4 Å². The molecule has 3 rings (SSSR count). The van der Waals surface area contributed by atoms with E-state index in [1.54, 1.807) is 29.2 Å². The molecule has 1 aliphatic heterocycles. The van der Waals surface area contributed by atoms with Crippen LogP contribution in [0.2, 0.25) is 0 Å². The minimum Gasteiger partial charge on any atom is -0.459 e. The average molecular weight is 423 g/mol. The number of hydrogen-bond donors (Lipinski definition) is 1. The van der Waals surface area contributed by atoms with E-state index >= 15 is 0 Å². The molecule has 6 heteroatoms. The van der Waals surface area contributed by atoms with E-state index in [1.807, 2.05) is 50.2 Å². The number of amides is 2. The zero-order chi connectivity index (χ0) is 22.2. The van der Waals surface area contributed by atoms with Gasteiger partial charge in [0.1, 0.15) is 18.7 Å². The molecular weight excluding hydrogens is 392 g/mol. The second kappa shape index (κ2) is 10.8. The van der Waals surface area contributed by atoms with Crippen molar-refractivity contribution in [1.29, 1.82) is 0 Å². The molecule has 2 aromatic carbocycles. The third-order valence-electron chi connectivity index (χ3n) is 5.38. The Kier molecular flexibility index (Phi) is 7.82. The van der Waals surface area contributed by atoms with Crippen molar-refractivity contribution >= 4 is 17.8 Å². The minimum atomic E-state index is -0.685. The summed E-state index contributed by atoms with van der Waals surface area (Å²) < 4.78 is 5.48. The zero-order valence-corrected chi connectivity index (χ0v) is 18.1. The number of nitrogens with zero attached hydrogens (tertiary/aromatic N) is 1. The van der Waals surface area contributed by atoms with Gasteiger partial charge in [0.15, 0.2) is 0 Å². The Hall–Kier alpha value is -3.15. The Balaban J connectivity index is 1.67. The Morgan fingerprint density at radius 3 is 2.32 bits per heavy atom. The van der Waals surface area contributed by atoms with Gasteiger partial charge in [0.2, 0.25) is 5.91 Å². The number of hydrogen-bond acceptors (Lipinski definition) is 4. The molecule has 2 aromatic rings. The molecule has 2 amide bonds. The lowest BCUT2D eigenvalue weighted by molar-refractivity contribution is -0.155. The summed E-state index contributed by atoms with van der Waals surface area (Å²) in [4.78, 5) is 40.3. The molecule has 164 valence electrons. The van der Waals surface area contributed by atoms with E-state index in [2.05, 4.69) is 5.32 Å². The monoisotopic (exact) mass is 422 g/mol. The lowest BCUT2D eigenvalue weighted by Gasteiger charge is -2.29. The maximum atomic E-state index is 13.3. The van der Waals surface area contributed by atoms with Crippen molar-refractivity contribution in [3.05, 3.63) is 71.8 Å². The smallest absolute Gasteiger partial charge is 0.329 e. The molecule has 6 nitrogen and oxygen atoms in total. The molecule has 2 atom stereocenters. The van der Waals surface area contributed by atoms with Crippen LogP contribution in [0.25, 0.3) is 0 Å². The van der Waals surface area contributed by atoms with Crippen molar-refractivity contribution in [3.8, 4) is 0 Å². The Bertz CT molecular complexity index is 883. The highest BCUT2D eigenvalue weighted by molar-refractivity contribution is 5.98. The number of ether oxygens (including phenoxy) is 1. The first-order chi connectivity index (χ1) is 15.0. The van der Waals surface area contributed by atoms with Gasteiger partial charge in [-0.2, -0.15) is 0 Å². The molecule has 0 bridgehead atoms. The first-order valence-electron chi connectivity index (χ1n) is 10.8. The molecule has 1 N–H and O–H groups in total. The third kappa shape index (κ3) is 6.17. The standard InChI is InChI=1S/C25H30N2O4/c1-18(2)16-21(26-23(28)20-12-7-4-8-13-20)24(29)27-15-9-14-22(27)25(30)31-17-19-10-5-3-6-11-19/h3-8,10-13,18,21-22H,9,14-17H2,1-2H3,(H,26,28)/t21-,22-/m0/s1. The summed E-state index contributed by atoms with van der Waals surface area (Å²) in [5.74, 6) is -0.706. The number of carbonyl (C=O) groups is 3. The normalized spacial score (nSPS) is 16.7. The van der Waals surface area contributed by atoms with Crippen molar-refractivity contribution in [1.82, 2.24) is 10.2 Å². The van der Waals surface area contributed by atoms with E-state index in [9.17, 15) is 14.4 Å². The molecule has 0 saturated carbocycles. The van der Waals surface area contributed by atoms with Crippen LogP contribution >= 0.6 is 0 Å². The minimum absolute atomic E-state index is 0.179. The van der Waals surface area contributed by atoms with Gasteiger partial charge in [0, 0.05) is 12.1 Å². The second-order valence-corrected chi connectivity index (χ2v) is 8.30. The molecule has 0 radical (unpaired) electrons. The van der Waals surface area contributed by atoms with Crippen LogP contribution in [0.4, 0.5) is 0 Å². The highest BCUT2D eigenvalue weighted by Gasteiger charge is 2.38. The van der Waals surface area contributed by atoms with Crippen LogP contribution in [-0.4, -0.2) is 41.3 Å². The zero-order valence-electron chi connectivity index (χ0n) is 18.1. The summed E-state index contributed by atoms with van der Waals surface area (Å²) in [5, 5.41) is 2.88. The summed E-state index contributed by atoms with van der Waals surface area (Å²) >= 11 is 0. The molecule has 0 aromatic heterocycles. The number of likely N-dealkylation sites (tertiary alicyclic amines) is 1. The fraction of sp³-hybridized carbons (Fsp3) is 0.400. The van der Waals surface area contributed by atoms with E-state index in [0.29, 0.717) is 24.9 Å². The maximum absolute atomic E-state index is 13.3. The van der Waals surface area contributed by atoms with Gasteiger partial charge in [-0.3, -0.25) is 9.59 Å². The Morgan fingerprint density at radius 1 is 1.03 bits per heavy atom. The second-order valence-electron chi connectivity index (χ2n) is 8.30. The van der Waals surface area contributed by atoms with Crippen molar-refractivity contribution in [2.24, 2.45) is 5.92 Å². The van der Waals surface area contributed by atoms with Crippen LogP contribution in [-0.2, 0) is 20.9 Å². The van der Waals surface area contributed by atoms with Crippen LogP contribution < -0.4 is 5.32 Å². The number of benzene rings is 2. The van der Waals surface area contributed by atoms with Crippen LogP contribution in [0, 0.1) is 5.92 Å². The predicted molar refractivity (Wildman–Crippen MR) is 118 cm³/mol. The van der Waals surface area contributed by atoms with E-state index in [0.717, 1.165) is 12.0 Å². The van der Waals surface area contributed by atoms with E-state index < -0.39 is 18.1 Å².